The Bertz CT molecular complexity index is 503. The van der Waals surface area contributed by atoms with Crippen molar-refractivity contribution in [2.24, 2.45) is 0 Å². The summed E-state index contributed by atoms with van der Waals surface area (Å²) < 4.78 is 5.45. The quantitative estimate of drug-likeness (QED) is 0.568. The molecule has 0 atom stereocenters. The SMILES string of the molecule is CC(=O)c1sc(NCCCCOC(C)C)c(C#N)c1N. The maximum atomic E-state index is 11.4. The first-order valence-electron chi connectivity index (χ1n) is 6.66. The molecule has 5 nitrogen and oxygen atoms in total. The molecule has 0 saturated carbocycles. The van der Waals surface area contributed by atoms with Crippen LogP contribution in [0.25, 0.3) is 0 Å². The number of rotatable bonds is 8. The molecule has 0 aliphatic rings. The molecule has 0 aliphatic heterocycles. The van der Waals surface area contributed by atoms with Crippen molar-refractivity contribution >= 4 is 27.8 Å². The van der Waals surface area contributed by atoms with Crippen LogP contribution >= 0.6 is 11.3 Å². The fourth-order valence-electron chi connectivity index (χ4n) is 1.69. The largest absolute Gasteiger partial charge is 0.396 e. The molecule has 1 rings (SSSR count). The third-order valence-electron chi connectivity index (χ3n) is 2.68. The van der Waals surface area contributed by atoms with Crippen LogP contribution in [0.4, 0.5) is 10.7 Å². The summed E-state index contributed by atoms with van der Waals surface area (Å²) in [7, 11) is 0. The van der Waals surface area contributed by atoms with E-state index in [0.29, 0.717) is 15.4 Å². The highest BCUT2D eigenvalue weighted by Gasteiger charge is 2.18. The lowest BCUT2D eigenvalue weighted by Gasteiger charge is -2.07. The molecule has 0 amide bonds. The number of thiophene rings is 1. The van der Waals surface area contributed by atoms with Gasteiger partial charge in [0.25, 0.3) is 0 Å². The fourth-order valence-corrected chi connectivity index (χ4v) is 2.68. The van der Waals surface area contributed by atoms with Crippen molar-refractivity contribution in [3.63, 3.8) is 0 Å². The number of nitrogen functional groups attached to an aromatic ring is 1. The Kier molecular flexibility index (Phi) is 6.49. The second kappa shape index (κ2) is 7.88. The third kappa shape index (κ3) is 4.51. The van der Waals surface area contributed by atoms with Gasteiger partial charge < -0.3 is 15.8 Å². The highest BCUT2D eigenvalue weighted by molar-refractivity contribution is 7.18. The van der Waals surface area contributed by atoms with Crippen molar-refractivity contribution in [2.45, 2.75) is 39.7 Å². The number of nitrogens with zero attached hydrogens (tertiary/aromatic N) is 1. The van der Waals surface area contributed by atoms with E-state index in [-0.39, 0.29) is 17.6 Å². The summed E-state index contributed by atoms with van der Waals surface area (Å²) in [5.41, 5.74) is 6.47. The average molecular weight is 295 g/mol. The van der Waals surface area contributed by atoms with Crippen molar-refractivity contribution in [1.29, 1.82) is 5.26 Å². The Morgan fingerprint density at radius 3 is 2.75 bits per heavy atom. The number of Topliss-reactive ketones (excluding diaryl/α,β-unsaturated/α-hetero) is 1. The van der Waals surface area contributed by atoms with Crippen LogP contribution < -0.4 is 11.1 Å². The molecule has 1 heterocycles. The predicted octanol–water partition coefficient (Wildman–Crippen LogP) is 3.02. The number of nitrogens with one attached hydrogen (secondary N) is 1. The maximum absolute atomic E-state index is 11.4. The van der Waals surface area contributed by atoms with Gasteiger partial charge in [-0.3, -0.25) is 4.79 Å². The molecule has 1 aromatic rings. The Balaban J connectivity index is 2.50. The van der Waals surface area contributed by atoms with E-state index in [1.807, 2.05) is 13.8 Å². The van der Waals surface area contributed by atoms with E-state index in [0.717, 1.165) is 26.0 Å². The minimum atomic E-state index is -0.109. The number of hydrogen-bond donors (Lipinski definition) is 2. The number of unbranched alkanes of at least 4 members (excludes halogenated alkanes) is 1. The average Bonchev–Trinajstić information content (AvgIpc) is 2.69. The van der Waals surface area contributed by atoms with E-state index in [9.17, 15) is 4.79 Å². The minimum absolute atomic E-state index is 0.109. The van der Waals surface area contributed by atoms with E-state index in [2.05, 4.69) is 11.4 Å². The van der Waals surface area contributed by atoms with Crippen LogP contribution in [-0.4, -0.2) is 25.0 Å². The molecule has 0 unspecified atom stereocenters. The van der Waals surface area contributed by atoms with Crippen LogP contribution in [0, 0.1) is 11.3 Å². The van der Waals surface area contributed by atoms with E-state index < -0.39 is 0 Å². The molecule has 0 aromatic carbocycles. The van der Waals surface area contributed by atoms with Gasteiger partial charge in [0.15, 0.2) is 5.78 Å². The van der Waals surface area contributed by atoms with Crippen LogP contribution in [0.3, 0.4) is 0 Å². The maximum Gasteiger partial charge on any atom is 0.171 e. The Morgan fingerprint density at radius 2 is 2.20 bits per heavy atom. The highest BCUT2D eigenvalue weighted by Crippen LogP contribution is 2.35. The van der Waals surface area contributed by atoms with Crippen molar-refractivity contribution in [2.75, 3.05) is 24.2 Å². The van der Waals surface area contributed by atoms with Crippen LogP contribution in [0.1, 0.15) is 48.8 Å². The molecule has 0 fully saturated rings. The van der Waals surface area contributed by atoms with Gasteiger partial charge in [0, 0.05) is 20.1 Å². The number of carbonyl (C=O) groups excluding carboxylic acids is 1. The summed E-state index contributed by atoms with van der Waals surface area (Å²) in [5.74, 6) is -0.109. The lowest BCUT2D eigenvalue weighted by atomic mass is 10.2. The number of anilines is 2. The fraction of sp³-hybridized carbons (Fsp3) is 0.571. The summed E-state index contributed by atoms with van der Waals surface area (Å²) in [4.78, 5) is 11.9. The van der Waals surface area contributed by atoms with E-state index in [4.69, 9.17) is 15.7 Å². The van der Waals surface area contributed by atoms with Gasteiger partial charge in [0.2, 0.25) is 0 Å². The molecule has 0 spiro atoms. The molecule has 0 bridgehead atoms. The smallest absolute Gasteiger partial charge is 0.171 e. The highest BCUT2D eigenvalue weighted by atomic mass is 32.1. The summed E-state index contributed by atoms with van der Waals surface area (Å²) in [5, 5.41) is 13.0. The van der Waals surface area contributed by atoms with Gasteiger partial charge in [0.1, 0.15) is 16.6 Å². The molecule has 110 valence electrons. The number of carbonyl (C=O) groups is 1. The third-order valence-corrected chi connectivity index (χ3v) is 3.95. The lowest BCUT2D eigenvalue weighted by molar-refractivity contribution is 0.0765. The van der Waals surface area contributed by atoms with E-state index in [1.54, 1.807) is 0 Å². The molecule has 6 heteroatoms. The van der Waals surface area contributed by atoms with Gasteiger partial charge in [-0.25, -0.2) is 0 Å². The first-order chi connectivity index (χ1) is 9.47. The second-order valence-corrected chi connectivity index (χ2v) is 5.79. The zero-order valence-electron chi connectivity index (χ0n) is 12.2. The number of nitrogens with two attached hydrogens (primary N) is 1. The van der Waals surface area contributed by atoms with E-state index >= 15 is 0 Å². The zero-order valence-corrected chi connectivity index (χ0v) is 13.0. The topological polar surface area (TPSA) is 88.1 Å². The van der Waals surface area contributed by atoms with Crippen LogP contribution in [0.5, 0.6) is 0 Å². The van der Waals surface area contributed by atoms with E-state index in [1.165, 1.54) is 18.3 Å². The van der Waals surface area contributed by atoms with Crippen molar-refractivity contribution in [1.82, 2.24) is 0 Å². The molecule has 20 heavy (non-hydrogen) atoms. The monoisotopic (exact) mass is 295 g/mol. The van der Waals surface area contributed by atoms with Crippen molar-refractivity contribution in [3.8, 4) is 6.07 Å². The number of hydrogen-bond acceptors (Lipinski definition) is 6. The summed E-state index contributed by atoms with van der Waals surface area (Å²) in [6, 6.07) is 2.05. The van der Waals surface area contributed by atoms with Gasteiger partial charge >= 0.3 is 0 Å². The zero-order chi connectivity index (χ0) is 15.1. The molecule has 0 saturated heterocycles. The first kappa shape index (κ1) is 16.5. The lowest BCUT2D eigenvalue weighted by Crippen LogP contribution is -2.07. The molecule has 3 N–H and O–H groups in total. The van der Waals surface area contributed by atoms with Crippen molar-refractivity contribution < 1.29 is 9.53 Å². The van der Waals surface area contributed by atoms with Gasteiger partial charge in [0.05, 0.1) is 16.7 Å². The molecular weight excluding hydrogens is 274 g/mol. The number of nitriles is 1. The predicted molar refractivity (Wildman–Crippen MR) is 82.3 cm³/mol. The van der Waals surface area contributed by atoms with Gasteiger partial charge in [-0.05, 0) is 26.7 Å². The molecule has 0 radical (unpaired) electrons. The molecule has 1 aromatic heterocycles. The number of ketones is 1. The second-order valence-electron chi connectivity index (χ2n) is 4.77. The summed E-state index contributed by atoms with van der Waals surface area (Å²) in [6.45, 7) is 6.93. The molecule has 0 aliphatic carbocycles. The van der Waals surface area contributed by atoms with Crippen LogP contribution in [0.2, 0.25) is 0 Å². The van der Waals surface area contributed by atoms with Crippen LogP contribution in [0.15, 0.2) is 0 Å². The Labute approximate surface area is 123 Å². The number of ether oxygens (including phenoxy) is 1. The van der Waals surface area contributed by atoms with Gasteiger partial charge in [-0.2, -0.15) is 5.26 Å². The minimum Gasteiger partial charge on any atom is -0.396 e. The normalized spacial score (nSPS) is 10.6. The summed E-state index contributed by atoms with van der Waals surface area (Å²) >= 11 is 1.25. The Hall–Kier alpha value is -1.58. The van der Waals surface area contributed by atoms with Crippen LogP contribution in [-0.2, 0) is 4.74 Å². The summed E-state index contributed by atoms with van der Waals surface area (Å²) in [6.07, 6.45) is 2.14. The van der Waals surface area contributed by atoms with Gasteiger partial charge in [-0.15, -0.1) is 11.3 Å². The Morgan fingerprint density at radius 1 is 1.50 bits per heavy atom. The first-order valence-corrected chi connectivity index (χ1v) is 7.47. The van der Waals surface area contributed by atoms with Gasteiger partial charge in [-0.1, -0.05) is 0 Å². The standard InChI is InChI=1S/C14H21N3O2S/c1-9(2)19-7-5-4-6-17-14-11(8-15)12(16)13(20-14)10(3)18/h9,17H,4-7,16H2,1-3H3. The molecular formula is C14H21N3O2S. The van der Waals surface area contributed by atoms with Crippen molar-refractivity contribution in [3.05, 3.63) is 10.4 Å².